The summed E-state index contributed by atoms with van der Waals surface area (Å²) in [5.74, 6) is 0.417. The lowest BCUT2D eigenvalue weighted by Gasteiger charge is -1.98. The van der Waals surface area contributed by atoms with Gasteiger partial charge < -0.3 is 5.73 Å². The first-order chi connectivity index (χ1) is 6.25. The Bertz CT molecular complexity index is 424. The molecule has 2 aromatic rings. The Labute approximate surface area is 83.5 Å². The number of hydrogen-bond donors (Lipinski definition) is 1. The molecule has 5 heteroatoms. The van der Waals surface area contributed by atoms with E-state index in [2.05, 4.69) is 26.1 Å². The summed E-state index contributed by atoms with van der Waals surface area (Å²) in [5.41, 5.74) is 6.33. The molecule has 0 saturated carbocycles. The van der Waals surface area contributed by atoms with Gasteiger partial charge in [0.2, 0.25) is 0 Å². The van der Waals surface area contributed by atoms with Crippen molar-refractivity contribution >= 4 is 21.7 Å². The van der Waals surface area contributed by atoms with Gasteiger partial charge in [-0.25, -0.2) is 0 Å². The van der Waals surface area contributed by atoms with Crippen molar-refractivity contribution in [2.75, 3.05) is 5.73 Å². The molecule has 13 heavy (non-hydrogen) atoms. The van der Waals surface area contributed by atoms with Crippen LogP contribution in [0.4, 0.5) is 5.82 Å². The zero-order valence-corrected chi connectivity index (χ0v) is 8.27. The van der Waals surface area contributed by atoms with E-state index in [9.17, 15) is 0 Å². The van der Waals surface area contributed by atoms with Crippen molar-refractivity contribution in [3.63, 3.8) is 0 Å². The number of benzene rings is 1. The third-order valence-electron chi connectivity index (χ3n) is 1.55. The minimum Gasteiger partial charge on any atom is -0.381 e. The summed E-state index contributed by atoms with van der Waals surface area (Å²) in [5, 5.41) is 7.97. The normalized spacial score (nSPS) is 10.2. The van der Waals surface area contributed by atoms with Crippen LogP contribution < -0.4 is 5.73 Å². The van der Waals surface area contributed by atoms with Gasteiger partial charge in [-0.1, -0.05) is 22.0 Å². The molecule has 2 N–H and O–H groups in total. The molecule has 0 amide bonds. The summed E-state index contributed by atoms with van der Waals surface area (Å²) >= 11 is 3.37. The highest BCUT2D eigenvalue weighted by Gasteiger charge is 1.99. The number of aromatic nitrogens is 3. The fourth-order valence-corrected chi connectivity index (χ4v) is 1.39. The number of hydrogen-bond acceptors (Lipinski definition) is 3. The summed E-state index contributed by atoms with van der Waals surface area (Å²) in [4.78, 5) is 1.49. The SMILES string of the molecule is Nc1cnn(-c2cccc(Br)c2)n1. The van der Waals surface area contributed by atoms with Crippen LogP contribution in [0.1, 0.15) is 0 Å². The predicted octanol–water partition coefficient (Wildman–Crippen LogP) is 1.61. The zero-order chi connectivity index (χ0) is 9.26. The van der Waals surface area contributed by atoms with Crippen LogP contribution in [0.15, 0.2) is 34.9 Å². The van der Waals surface area contributed by atoms with Gasteiger partial charge in [-0.2, -0.15) is 5.10 Å². The van der Waals surface area contributed by atoms with E-state index in [0.717, 1.165) is 10.2 Å². The maximum atomic E-state index is 5.45. The molecule has 0 atom stereocenters. The molecule has 0 radical (unpaired) electrons. The van der Waals surface area contributed by atoms with Crippen molar-refractivity contribution in [2.24, 2.45) is 0 Å². The Balaban J connectivity index is 2.46. The Hall–Kier alpha value is -1.36. The number of nitrogens with two attached hydrogens (primary N) is 1. The van der Waals surface area contributed by atoms with Crippen LogP contribution in [0, 0.1) is 0 Å². The Morgan fingerprint density at radius 3 is 2.85 bits per heavy atom. The molecule has 1 heterocycles. The van der Waals surface area contributed by atoms with Crippen LogP contribution in [-0.4, -0.2) is 15.0 Å². The molecule has 0 spiro atoms. The Kier molecular flexibility index (Phi) is 2.02. The van der Waals surface area contributed by atoms with Crippen LogP contribution in [-0.2, 0) is 0 Å². The highest BCUT2D eigenvalue weighted by atomic mass is 79.9. The lowest BCUT2D eigenvalue weighted by Crippen LogP contribution is -1.98. The summed E-state index contributed by atoms with van der Waals surface area (Å²) in [6.07, 6.45) is 1.51. The smallest absolute Gasteiger partial charge is 0.166 e. The number of halogens is 1. The fraction of sp³-hybridized carbons (Fsp3) is 0. The van der Waals surface area contributed by atoms with Crippen molar-refractivity contribution in [2.45, 2.75) is 0 Å². The van der Waals surface area contributed by atoms with Crippen LogP contribution in [0.5, 0.6) is 0 Å². The van der Waals surface area contributed by atoms with Gasteiger partial charge >= 0.3 is 0 Å². The lowest BCUT2D eigenvalue weighted by molar-refractivity contribution is 0.754. The average molecular weight is 239 g/mol. The standard InChI is InChI=1S/C8H7BrN4/c9-6-2-1-3-7(4-6)13-11-5-8(10)12-13/h1-5H,(H2,10,12). The van der Waals surface area contributed by atoms with Gasteiger partial charge in [-0.15, -0.1) is 9.90 Å². The van der Waals surface area contributed by atoms with E-state index >= 15 is 0 Å². The van der Waals surface area contributed by atoms with Crippen molar-refractivity contribution in [3.8, 4) is 5.69 Å². The number of rotatable bonds is 1. The summed E-state index contributed by atoms with van der Waals surface area (Å²) in [6.45, 7) is 0. The van der Waals surface area contributed by atoms with Gasteiger partial charge in [0.15, 0.2) is 5.82 Å². The number of nitrogens with zero attached hydrogens (tertiary/aromatic N) is 3. The van der Waals surface area contributed by atoms with E-state index in [4.69, 9.17) is 5.73 Å². The molecule has 0 saturated heterocycles. The summed E-state index contributed by atoms with van der Waals surface area (Å²) in [6, 6.07) is 7.68. The maximum Gasteiger partial charge on any atom is 0.166 e. The van der Waals surface area contributed by atoms with Crippen LogP contribution in [0.2, 0.25) is 0 Å². The number of anilines is 1. The predicted molar refractivity (Wildman–Crippen MR) is 53.5 cm³/mol. The first-order valence-electron chi connectivity index (χ1n) is 3.69. The molecule has 1 aromatic heterocycles. The van der Waals surface area contributed by atoms with Gasteiger partial charge in [0.05, 0.1) is 11.9 Å². The van der Waals surface area contributed by atoms with Crippen molar-refractivity contribution in [1.29, 1.82) is 0 Å². The Morgan fingerprint density at radius 2 is 2.23 bits per heavy atom. The molecule has 1 aromatic carbocycles. The molecule has 66 valence electrons. The van der Waals surface area contributed by atoms with E-state index < -0.39 is 0 Å². The van der Waals surface area contributed by atoms with Crippen LogP contribution >= 0.6 is 15.9 Å². The van der Waals surface area contributed by atoms with E-state index in [-0.39, 0.29) is 0 Å². The topological polar surface area (TPSA) is 56.7 Å². The van der Waals surface area contributed by atoms with Gasteiger partial charge in [-0.3, -0.25) is 0 Å². The van der Waals surface area contributed by atoms with Crippen molar-refractivity contribution < 1.29 is 0 Å². The summed E-state index contributed by atoms with van der Waals surface area (Å²) < 4.78 is 0.987. The first-order valence-corrected chi connectivity index (χ1v) is 4.49. The minimum atomic E-state index is 0.417. The zero-order valence-electron chi connectivity index (χ0n) is 6.68. The van der Waals surface area contributed by atoms with Gasteiger partial charge in [-0.05, 0) is 18.2 Å². The molecule has 0 fully saturated rings. The van der Waals surface area contributed by atoms with E-state index in [0.29, 0.717) is 5.82 Å². The molecule has 0 aliphatic heterocycles. The summed E-state index contributed by atoms with van der Waals surface area (Å²) in [7, 11) is 0. The third kappa shape index (κ3) is 1.70. The molecule has 0 unspecified atom stereocenters. The molecule has 0 aliphatic rings. The third-order valence-corrected chi connectivity index (χ3v) is 2.04. The van der Waals surface area contributed by atoms with E-state index in [1.54, 1.807) is 0 Å². The molecule has 0 aliphatic carbocycles. The van der Waals surface area contributed by atoms with Gasteiger partial charge in [0, 0.05) is 4.47 Å². The minimum absolute atomic E-state index is 0.417. The second kappa shape index (κ2) is 3.18. The highest BCUT2D eigenvalue weighted by Crippen LogP contribution is 2.13. The van der Waals surface area contributed by atoms with Gasteiger partial charge in [0.1, 0.15) is 0 Å². The van der Waals surface area contributed by atoms with E-state index in [1.807, 2.05) is 24.3 Å². The maximum absolute atomic E-state index is 5.45. The van der Waals surface area contributed by atoms with Crippen molar-refractivity contribution in [3.05, 3.63) is 34.9 Å². The average Bonchev–Trinajstić information content (AvgIpc) is 2.52. The quantitative estimate of drug-likeness (QED) is 0.822. The fourth-order valence-electron chi connectivity index (χ4n) is 1.000. The van der Waals surface area contributed by atoms with E-state index in [1.165, 1.54) is 11.0 Å². The molecule has 4 nitrogen and oxygen atoms in total. The van der Waals surface area contributed by atoms with Gasteiger partial charge in [0.25, 0.3) is 0 Å². The molecular weight excluding hydrogens is 232 g/mol. The van der Waals surface area contributed by atoms with Crippen LogP contribution in [0.3, 0.4) is 0 Å². The first kappa shape index (κ1) is 8.25. The highest BCUT2D eigenvalue weighted by molar-refractivity contribution is 9.10. The molecular formula is C8H7BrN4. The second-order valence-electron chi connectivity index (χ2n) is 2.54. The second-order valence-corrected chi connectivity index (χ2v) is 3.45. The number of nitrogen functional groups attached to an aromatic ring is 1. The largest absolute Gasteiger partial charge is 0.381 e. The lowest BCUT2D eigenvalue weighted by atomic mass is 10.3. The van der Waals surface area contributed by atoms with Crippen molar-refractivity contribution in [1.82, 2.24) is 15.0 Å². The monoisotopic (exact) mass is 238 g/mol. The molecule has 2 rings (SSSR count). The molecule has 0 bridgehead atoms. The van der Waals surface area contributed by atoms with Crippen LogP contribution in [0.25, 0.3) is 5.69 Å². The Morgan fingerprint density at radius 1 is 1.38 bits per heavy atom.